The molecule has 150 valence electrons. The summed E-state index contributed by atoms with van der Waals surface area (Å²) >= 11 is 1.45. The Morgan fingerprint density at radius 1 is 1.00 bits per heavy atom. The number of hydrogen-bond donors (Lipinski definition) is 0. The van der Waals surface area contributed by atoms with Crippen molar-refractivity contribution in [2.45, 2.75) is 20.0 Å². The number of amides is 1. The fourth-order valence-electron chi connectivity index (χ4n) is 3.43. The molecule has 0 N–H and O–H groups in total. The van der Waals surface area contributed by atoms with Crippen LogP contribution in [-0.4, -0.2) is 20.6 Å². The van der Waals surface area contributed by atoms with Crippen molar-refractivity contribution in [3.8, 4) is 5.69 Å². The number of benzene rings is 1. The highest BCUT2D eigenvalue weighted by atomic mass is 32.1. The van der Waals surface area contributed by atoms with Crippen LogP contribution in [0.1, 0.15) is 26.9 Å². The van der Waals surface area contributed by atoms with Gasteiger partial charge in [-0.05, 0) is 49.4 Å². The molecule has 0 unspecified atom stereocenters. The van der Waals surface area contributed by atoms with Crippen LogP contribution >= 0.6 is 11.3 Å². The molecule has 0 saturated heterocycles. The van der Waals surface area contributed by atoms with Crippen LogP contribution in [-0.2, 0) is 13.1 Å². The lowest BCUT2D eigenvalue weighted by Crippen LogP contribution is -2.29. The van der Waals surface area contributed by atoms with Gasteiger partial charge in [0.15, 0.2) is 0 Å². The molecule has 30 heavy (non-hydrogen) atoms. The molecule has 6 nitrogen and oxygen atoms in total. The van der Waals surface area contributed by atoms with Crippen LogP contribution in [0.15, 0.2) is 82.0 Å². The van der Waals surface area contributed by atoms with E-state index in [-0.39, 0.29) is 5.91 Å². The van der Waals surface area contributed by atoms with E-state index in [1.807, 2.05) is 72.3 Å². The molecule has 0 aliphatic rings. The monoisotopic (exact) mass is 417 g/mol. The normalized spacial score (nSPS) is 11.2. The van der Waals surface area contributed by atoms with Crippen molar-refractivity contribution in [1.82, 2.24) is 14.7 Å². The third-order valence-corrected chi connectivity index (χ3v) is 6.00. The Morgan fingerprint density at radius 2 is 1.67 bits per heavy atom. The zero-order valence-corrected chi connectivity index (χ0v) is 17.1. The second-order valence-corrected chi connectivity index (χ2v) is 8.01. The first-order valence-electron chi connectivity index (χ1n) is 9.57. The van der Waals surface area contributed by atoms with E-state index in [4.69, 9.17) is 8.83 Å². The Hall–Kier alpha value is -3.58. The van der Waals surface area contributed by atoms with Crippen molar-refractivity contribution in [2.75, 3.05) is 0 Å². The Bertz CT molecular complexity index is 1230. The van der Waals surface area contributed by atoms with Crippen LogP contribution in [0.3, 0.4) is 0 Å². The van der Waals surface area contributed by atoms with E-state index < -0.39 is 0 Å². The lowest BCUT2D eigenvalue weighted by molar-refractivity contribution is 0.0710. The number of carbonyl (C=O) groups is 1. The summed E-state index contributed by atoms with van der Waals surface area (Å²) in [6, 6.07) is 19.3. The quantitative estimate of drug-likeness (QED) is 0.370. The van der Waals surface area contributed by atoms with Crippen LogP contribution in [0.2, 0.25) is 0 Å². The molecule has 5 aromatic rings. The minimum absolute atomic E-state index is 0.0667. The molecule has 4 aromatic heterocycles. The van der Waals surface area contributed by atoms with Crippen molar-refractivity contribution in [1.29, 1.82) is 0 Å². The summed E-state index contributed by atoms with van der Waals surface area (Å²) in [5.41, 5.74) is 1.87. The van der Waals surface area contributed by atoms with Gasteiger partial charge < -0.3 is 13.7 Å². The molecule has 0 radical (unpaired) electrons. The first-order valence-corrected chi connectivity index (χ1v) is 10.4. The predicted molar refractivity (Wildman–Crippen MR) is 115 cm³/mol. The van der Waals surface area contributed by atoms with Gasteiger partial charge in [-0.15, -0.1) is 11.3 Å². The zero-order valence-electron chi connectivity index (χ0n) is 16.3. The minimum Gasteiger partial charge on any atom is -0.467 e. The highest BCUT2D eigenvalue weighted by Crippen LogP contribution is 2.31. The maximum Gasteiger partial charge on any atom is 0.264 e. The molecule has 0 aliphatic carbocycles. The number of fused-ring (bicyclic) bond motifs is 1. The van der Waals surface area contributed by atoms with E-state index in [0.717, 1.165) is 33.1 Å². The third kappa shape index (κ3) is 3.44. The van der Waals surface area contributed by atoms with E-state index >= 15 is 0 Å². The maximum atomic E-state index is 13.4. The molecule has 7 heteroatoms. The van der Waals surface area contributed by atoms with Crippen LogP contribution in [0.4, 0.5) is 0 Å². The van der Waals surface area contributed by atoms with E-state index in [1.54, 1.807) is 17.4 Å². The fraction of sp³-hybridized carbons (Fsp3) is 0.130. The summed E-state index contributed by atoms with van der Waals surface area (Å²) in [6.45, 7) is 2.70. The summed E-state index contributed by atoms with van der Waals surface area (Å²) in [7, 11) is 0. The van der Waals surface area contributed by atoms with Crippen molar-refractivity contribution >= 4 is 27.5 Å². The molecule has 0 fully saturated rings. The smallest absolute Gasteiger partial charge is 0.264 e. The van der Waals surface area contributed by atoms with Gasteiger partial charge >= 0.3 is 0 Å². The number of furan rings is 2. The van der Waals surface area contributed by atoms with Crippen molar-refractivity contribution in [3.05, 3.63) is 95.3 Å². The van der Waals surface area contributed by atoms with E-state index in [1.165, 1.54) is 11.3 Å². The number of thiophene rings is 1. The lowest BCUT2D eigenvalue weighted by atomic mass is 10.2. The number of carbonyl (C=O) groups excluding carboxylic acids is 1. The summed E-state index contributed by atoms with van der Waals surface area (Å²) in [6.07, 6.45) is 3.23. The summed E-state index contributed by atoms with van der Waals surface area (Å²) in [4.78, 5) is 16.8. The van der Waals surface area contributed by atoms with Crippen molar-refractivity contribution in [2.24, 2.45) is 0 Å². The van der Waals surface area contributed by atoms with Gasteiger partial charge in [0.1, 0.15) is 16.4 Å². The van der Waals surface area contributed by atoms with Crippen LogP contribution < -0.4 is 0 Å². The SMILES string of the molecule is Cc1nn(-c2ccccc2)c2sc(C(=O)N(Cc3ccco3)Cc3ccco3)cc12. The molecule has 0 atom stereocenters. The summed E-state index contributed by atoms with van der Waals surface area (Å²) in [5, 5.41) is 5.65. The number of hydrogen-bond acceptors (Lipinski definition) is 5. The van der Waals surface area contributed by atoms with E-state index in [0.29, 0.717) is 18.0 Å². The Labute approximate surface area is 177 Å². The van der Waals surface area contributed by atoms with Crippen LogP contribution in [0.25, 0.3) is 15.9 Å². The van der Waals surface area contributed by atoms with E-state index in [2.05, 4.69) is 5.10 Å². The second kappa shape index (κ2) is 7.68. The summed E-state index contributed by atoms with van der Waals surface area (Å²) in [5.74, 6) is 1.38. The van der Waals surface area contributed by atoms with Gasteiger partial charge in [0, 0.05) is 5.39 Å². The van der Waals surface area contributed by atoms with E-state index in [9.17, 15) is 4.79 Å². The maximum absolute atomic E-state index is 13.4. The third-order valence-electron chi connectivity index (χ3n) is 4.90. The fourth-order valence-corrected chi connectivity index (χ4v) is 4.58. The largest absolute Gasteiger partial charge is 0.467 e. The molecule has 1 amide bonds. The molecule has 4 heterocycles. The number of rotatable bonds is 6. The number of aromatic nitrogens is 2. The molecule has 0 spiro atoms. The first kappa shape index (κ1) is 18.4. The zero-order chi connectivity index (χ0) is 20.5. The van der Waals surface area contributed by atoms with Crippen molar-refractivity contribution in [3.63, 3.8) is 0 Å². The number of para-hydroxylation sites is 1. The number of nitrogens with zero attached hydrogens (tertiary/aromatic N) is 3. The average Bonchev–Trinajstić information content (AvgIpc) is 3.55. The highest BCUT2D eigenvalue weighted by molar-refractivity contribution is 7.20. The highest BCUT2D eigenvalue weighted by Gasteiger charge is 2.23. The molecule has 1 aromatic carbocycles. The van der Waals surface area contributed by atoms with Gasteiger partial charge in [0.25, 0.3) is 5.91 Å². The summed E-state index contributed by atoms with van der Waals surface area (Å²) < 4.78 is 12.8. The first-order chi connectivity index (χ1) is 14.7. The van der Waals surface area contributed by atoms with Gasteiger partial charge in [0.05, 0.1) is 41.9 Å². The van der Waals surface area contributed by atoms with Crippen LogP contribution in [0.5, 0.6) is 0 Å². The number of aryl methyl sites for hydroxylation is 1. The predicted octanol–water partition coefficient (Wildman–Crippen LogP) is 5.42. The molecule has 0 aliphatic heterocycles. The second-order valence-electron chi connectivity index (χ2n) is 6.98. The van der Waals surface area contributed by atoms with Crippen LogP contribution in [0, 0.1) is 6.92 Å². The molecular formula is C23H19N3O3S. The van der Waals surface area contributed by atoms with Crippen molar-refractivity contribution < 1.29 is 13.6 Å². The average molecular weight is 417 g/mol. The standard InChI is InChI=1S/C23H19N3O3S/c1-16-20-13-21(30-23(20)26(24-16)17-7-3-2-4-8-17)22(27)25(14-18-9-5-11-28-18)15-19-10-6-12-29-19/h2-13H,14-15H2,1H3. The topological polar surface area (TPSA) is 64.4 Å². The Balaban J connectivity index is 1.51. The molecule has 0 saturated carbocycles. The minimum atomic E-state index is -0.0667. The van der Waals surface area contributed by atoms with Gasteiger partial charge in [-0.2, -0.15) is 5.10 Å². The molecular weight excluding hydrogens is 398 g/mol. The molecule has 5 rings (SSSR count). The van der Waals surface area contributed by atoms with Gasteiger partial charge in [-0.25, -0.2) is 4.68 Å². The molecule has 0 bridgehead atoms. The Morgan fingerprint density at radius 3 is 2.27 bits per heavy atom. The van der Waals surface area contributed by atoms with Gasteiger partial charge in [0.2, 0.25) is 0 Å². The van der Waals surface area contributed by atoms with Gasteiger partial charge in [-0.1, -0.05) is 18.2 Å². The van der Waals surface area contributed by atoms with Gasteiger partial charge in [-0.3, -0.25) is 4.79 Å². The Kier molecular flexibility index (Phi) is 4.72. The lowest BCUT2D eigenvalue weighted by Gasteiger charge is -2.19.